The number of hydrogen-bond acceptors (Lipinski definition) is 6. The molecule has 0 spiro atoms. The Kier molecular flexibility index (Phi) is 7.86. The zero-order chi connectivity index (χ0) is 22.4. The van der Waals surface area contributed by atoms with Gasteiger partial charge in [-0.05, 0) is 47.4 Å². The zero-order valence-electron chi connectivity index (χ0n) is 18.2. The fourth-order valence-electron chi connectivity index (χ4n) is 2.74. The molecule has 0 saturated carbocycles. The molecule has 0 aliphatic rings. The van der Waals surface area contributed by atoms with Crippen molar-refractivity contribution in [2.75, 3.05) is 12.4 Å². The van der Waals surface area contributed by atoms with Crippen molar-refractivity contribution in [3.63, 3.8) is 0 Å². The molecule has 31 heavy (non-hydrogen) atoms. The van der Waals surface area contributed by atoms with E-state index < -0.39 is 6.10 Å². The number of nitrogens with zero attached hydrogens (tertiary/aromatic N) is 3. The molecule has 2 aromatic carbocycles. The highest BCUT2D eigenvalue weighted by Crippen LogP contribution is 2.25. The molecular weight excluding hydrogens is 434 g/mol. The number of ether oxygens (including phenoxy) is 2. The second-order valence-electron chi connectivity index (χ2n) is 8.25. The van der Waals surface area contributed by atoms with Crippen LogP contribution >= 0.6 is 23.4 Å². The van der Waals surface area contributed by atoms with Crippen LogP contribution in [-0.2, 0) is 19.1 Å². The van der Waals surface area contributed by atoms with Crippen molar-refractivity contribution in [3.8, 4) is 11.5 Å². The van der Waals surface area contributed by atoms with Crippen LogP contribution in [0.5, 0.6) is 11.5 Å². The normalized spacial score (nSPS) is 12.6. The lowest BCUT2D eigenvalue weighted by Gasteiger charge is -2.19. The molecule has 0 bridgehead atoms. The van der Waals surface area contributed by atoms with E-state index in [4.69, 9.17) is 21.1 Å². The molecule has 0 radical (unpaired) electrons. The summed E-state index contributed by atoms with van der Waals surface area (Å²) >= 11 is 7.31. The number of thioether (sulfide) groups is 1. The van der Waals surface area contributed by atoms with E-state index >= 15 is 0 Å². The lowest BCUT2D eigenvalue weighted by atomic mass is 9.87. The molecule has 3 rings (SSSR count). The van der Waals surface area contributed by atoms with Crippen molar-refractivity contribution < 1.29 is 14.6 Å². The van der Waals surface area contributed by atoms with Crippen LogP contribution in [0.15, 0.2) is 53.7 Å². The molecule has 0 aliphatic carbocycles. The van der Waals surface area contributed by atoms with Gasteiger partial charge in [0.05, 0.1) is 6.10 Å². The van der Waals surface area contributed by atoms with Crippen LogP contribution in [0.2, 0.25) is 5.02 Å². The Morgan fingerprint density at radius 2 is 1.61 bits per heavy atom. The molecule has 166 valence electrons. The lowest BCUT2D eigenvalue weighted by molar-refractivity contribution is 0.126. The summed E-state index contributed by atoms with van der Waals surface area (Å²) in [5.41, 5.74) is 1.35. The Labute approximate surface area is 192 Å². The van der Waals surface area contributed by atoms with Gasteiger partial charge in [-0.2, -0.15) is 0 Å². The highest BCUT2D eigenvalue weighted by atomic mass is 35.5. The summed E-state index contributed by atoms with van der Waals surface area (Å²) in [6, 6.07) is 15.2. The van der Waals surface area contributed by atoms with Gasteiger partial charge in [-0.25, -0.2) is 0 Å². The molecule has 6 nitrogen and oxygen atoms in total. The Morgan fingerprint density at radius 1 is 1.00 bits per heavy atom. The maximum atomic E-state index is 10.3. The Hall–Kier alpha value is -2.22. The van der Waals surface area contributed by atoms with Crippen LogP contribution in [0.4, 0.5) is 0 Å². The second kappa shape index (κ2) is 10.4. The molecular formula is C23H28ClN3O3S. The molecule has 3 aromatic rings. The Morgan fingerprint density at radius 3 is 2.26 bits per heavy atom. The Bertz CT molecular complexity index is 969. The highest BCUT2D eigenvalue weighted by molar-refractivity contribution is 7.99. The van der Waals surface area contributed by atoms with Crippen molar-refractivity contribution in [2.24, 2.45) is 7.05 Å². The first-order valence-corrected chi connectivity index (χ1v) is 11.4. The van der Waals surface area contributed by atoms with Crippen LogP contribution in [0.25, 0.3) is 0 Å². The van der Waals surface area contributed by atoms with E-state index in [9.17, 15) is 5.11 Å². The summed E-state index contributed by atoms with van der Waals surface area (Å²) in [6.07, 6.45) is -0.627. The second-order valence-corrected chi connectivity index (χ2v) is 9.67. The first-order valence-electron chi connectivity index (χ1n) is 10.0. The first-order chi connectivity index (χ1) is 14.7. The van der Waals surface area contributed by atoms with Crippen LogP contribution in [0, 0.1) is 0 Å². The smallest absolute Gasteiger partial charge is 0.191 e. The summed E-state index contributed by atoms with van der Waals surface area (Å²) in [5, 5.41) is 20.0. The largest absolute Gasteiger partial charge is 0.491 e. The predicted octanol–water partition coefficient (Wildman–Crippen LogP) is 4.88. The summed E-state index contributed by atoms with van der Waals surface area (Å²) in [7, 11) is 1.88. The third-order valence-corrected chi connectivity index (χ3v) is 6.09. The molecule has 1 aromatic heterocycles. The van der Waals surface area contributed by atoms with E-state index in [2.05, 4.69) is 43.1 Å². The summed E-state index contributed by atoms with van der Waals surface area (Å²) in [4.78, 5) is 0. The van der Waals surface area contributed by atoms with E-state index in [0.717, 1.165) is 5.75 Å². The minimum Gasteiger partial charge on any atom is -0.491 e. The van der Waals surface area contributed by atoms with Crippen molar-refractivity contribution >= 4 is 23.4 Å². The quantitative estimate of drug-likeness (QED) is 0.458. The van der Waals surface area contributed by atoms with Crippen molar-refractivity contribution in [1.29, 1.82) is 0 Å². The monoisotopic (exact) mass is 461 g/mol. The van der Waals surface area contributed by atoms with Crippen molar-refractivity contribution in [3.05, 3.63) is 64.9 Å². The highest BCUT2D eigenvalue weighted by Gasteiger charge is 2.15. The number of aliphatic hydroxyl groups excluding tert-OH is 1. The molecule has 1 atom stereocenters. The number of halogens is 1. The maximum Gasteiger partial charge on any atom is 0.191 e. The van der Waals surface area contributed by atoms with Gasteiger partial charge in [-0.15, -0.1) is 10.2 Å². The SMILES string of the molecule is Cn1c(COc2ccc(Cl)cc2)nnc1SC[C@H](O)COc1ccc(C(C)(C)C)cc1. The zero-order valence-corrected chi connectivity index (χ0v) is 19.8. The Balaban J connectivity index is 1.44. The fraction of sp³-hybridized carbons (Fsp3) is 0.391. The number of hydrogen-bond donors (Lipinski definition) is 1. The number of rotatable bonds is 9. The van der Waals surface area contributed by atoms with Gasteiger partial charge in [-0.3, -0.25) is 0 Å². The molecule has 0 saturated heterocycles. The van der Waals surface area contributed by atoms with Gasteiger partial charge < -0.3 is 19.1 Å². The van der Waals surface area contributed by atoms with Gasteiger partial charge in [0.2, 0.25) is 0 Å². The van der Waals surface area contributed by atoms with Gasteiger partial charge in [0.15, 0.2) is 11.0 Å². The standard InChI is InChI=1S/C23H28ClN3O3S/c1-23(2,3)16-5-9-19(10-6-16)29-13-18(28)15-31-22-26-25-21(27(22)4)14-30-20-11-7-17(24)8-12-20/h5-12,18,28H,13-15H2,1-4H3/t18-/m1/s1. The summed E-state index contributed by atoms with van der Waals surface area (Å²) in [5.74, 6) is 2.61. The predicted molar refractivity (Wildman–Crippen MR) is 124 cm³/mol. The van der Waals surface area contributed by atoms with E-state index in [1.54, 1.807) is 24.3 Å². The molecule has 1 N–H and O–H groups in total. The minimum atomic E-state index is -0.627. The third kappa shape index (κ3) is 6.89. The van der Waals surface area contributed by atoms with Gasteiger partial charge >= 0.3 is 0 Å². The summed E-state index contributed by atoms with van der Waals surface area (Å²) < 4.78 is 13.3. The van der Waals surface area contributed by atoms with Crippen LogP contribution in [0.3, 0.4) is 0 Å². The molecule has 1 heterocycles. The molecule has 0 unspecified atom stereocenters. The molecule has 8 heteroatoms. The van der Waals surface area contributed by atoms with Gasteiger partial charge in [0, 0.05) is 17.8 Å². The third-order valence-electron chi connectivity index (χ3n) is 4.67. The van der Waals surface area contributed by atoms with Gasteiger partial charge in [0.25, 0.3) is 0 Å². The van der Waals surface area contributed by atoms with Gasteiger partial charge in [0.1, 0.15) is 24.7 Å². The molecule has 0 fully saturated rings. The van der Waals surface area contributed by atoms with Gasteiger partial charge in [-0.1, -0.05) is 56.3 Å². The van der Waals surface area contributed by atoms with Crippen LogP contribution < -0.4 is 9.47 Å². The van der Waals surface area contributed by atoms with Crippen molar-refractivity contribution in [1.82, 2.24) is 14.8 Å². The van der Waals surface area contributed by atoms with Crippen LogP contribution in [0.1, 0.15) is 32.2 Å². The first kappa shape index (κ1) is 23.4. The lowest BCUT2D eigenvalue weighted by Crippen LogP contribution is -2.20. The van der Waals surface area contributed by atoms with E-state index in [1.165, 1.54) is 17.3 Å². The summed E-state index contributed by atoms with van der Waals surface area (Å²) in [6.45, 7) is 7.02. The van der Waals surface area contributed by atoms with E-state index in [1.807, 2.05) is 23.7 Å². The van der Waals surface area contributed by atoms with E-state index in [-0.39, 0.29) is 12.0 Å². The minimum absolute atomic E-state index is 0.101. The fourth-order valence-corrected chi connectivity index (χ4v) is 3.70. The van der Waals surface area contributed by atoms with E-state index in [0.29, 0.717) is 34.1 Å². The number of benzene rings is 2. The maximum absolute atomic E-state index is 10.3. The number of aromatic nitrogens is 3. The van der Waals surface area contributed by atoms with Crippen LogP contribution in [-0.4, -0.2) is 38.3 Å². The average Bonchev–Trinajstić information content (AvgIpc) is 3.09. The van der Waals surface area contributed by atoms with Crippen molar-refractivity contribution in [2.45, 2.75) is 44.1 Å². The number of aliphatic hydroxyl groups is 1. The molecule has 0 aliphatic heterocycles. The molecule has 0 amide bonds. The average molecular weight is 462 g/mol. The topological polar surface area (TPSA) is 69.4 Å².